The zero-order chi connectivity index (χ0) is 52.5. The van der Waals surface area contributed by atoms with Crippen molar-refractivity contribution in [1.82, 2.24) is 5.32 Å². The minimum atomic E-state index is -1.66. The predicted octanol–water partition coefficient (Wildman–Crippen LogP) is 13.7. The molecular formula is C61H121NO10. The molecule has 0 spiro atoms. The van der Waals surface area contributed by atoms with Crippen LogP contribution in [-0.2, 0) is 14.3 Å². The average Bonchev–Trinajstić information content (AvgIpc) is 3.38. The number of nitrogens with one attached hydrogen (secondary N) is 1. The van der Waals surface area contributed by atoms with E-state index in [-0.39, 0.29) is 6.42 Å². The fraction of sp³-hybridized carbons (Fsp3) is 0.984. The molecule has 72 heavy (non-hydrogen) atoms. The summed E-state index contributed by atoms with van der Waals surface area (Å²) in [6.07, 6.45) is 47.5. The Kier molecular flexibility index (Phi) is 48.9. The molecule has 0 aromatic heterocycles. The van der Waals surface area contributed by atoms with E-state index in [1.54, 1.807) is 0 Å². The second kappa shape index (κ2) is 50.9. The van der Waals surface area contributed by atoms with Crippen LogP contribution in [0.15, 0.2) is 0 Å². The number of carbonyl (C=O) groups excluding carboxylic acids is 1. The number of aliphatic hydroxyl groups excluding tert-OH is 7. The molecule has 9 atom stereocenters. The molecule has 1 amide bonds. The molecule has 1 saturated heterocycles. The van der Waals surface area contributed by atoms with Gasteiger partial charge in [-0.25, -0.2) is 0 Å². The van der Waals surface area contributed by atoms with Crippen molar-refractivity contribution >= 4 is 5.91 Å². The third kappa shape index (κ3) is 38.6. The van der Waals surface area contributed by atoms with Gasteiger partial charge in [-0.2, -0.15) is 0 Å². The van der Waals surface area contributed by atoms with Crippen molar-refractivity contribution in [2.45, 2.75) is 371 Å². The van der Waals surface area contributed by atoms with Gasteiger partial charge >= 0.3 is 0 Å². The van der Waals surface area contributed by atoms with Crippen molar-refractivity contribution in [2.75, 3.05) is 13.2 Å². The van der Waals surface area contributed by atoms with E-state index >= 15 is 0 Å². The van der Waals surface area contributed by atoms with Gasteiger partial charge in [0.1, 0.15) is 36.6 Å². The van der Waals surface area contributed by atoms with Crippen LogP contribution in [0.25, 0.3) is 0 Å². The van der Waals surface area contributed by atoms with Crippen LogP contribution < -0.4 is 5.32 Å². The van der Waals surface area contributed by atoms with E-state index in [4.69, 9.17) is 9.47 Å². The lowest BCUT2D eigenvalue weighted by atomic mass is 9.98. The van der Waals surface area contributed by atoms with Gasteiger partial charge < -0.3 is 50.5 Å². The van der Waals surface area contributed by atoms with Gasteiger partial charge in [0, 0.05) is 0 Å². The summed E-state index contributed by atoms with van der Waals surface area (Å²) in [4.78, 5) is 13.2. The first-order valence-electron chi connectivity index (χ1n) is 31.4. The molecule has 11 nitrogen and oxygen atoms in total. The summed E-state index contributed by atoms with van der Waals surface area (Å²) in [5.41, 5.74) is 0. The molecule has 0 saturated carbocycles. The number of rotatable bonds is 55. The Bertz CT molecular complexity index is 1130. The fourth-order valence-corrected chi connectivity index (χ4v) is 10.6. The summed E-state index contributed by atoms with van der Waals surface area (Å²) in [7, 11) is 0. The average molecular weight is 1030 g/mol. The van der Waals surface area contributed by atoms with Crippen LogP contribution in [0.3, 0.4) is 0 Å². The molecule has 1 heterocycles. The highest BCUT2D eigenvalue weighted by atomic mass is 16.7. The molecule has 1 rings (SSSR count). The highest BCUT2D eigenvalue weighted by Crippen LogP contribution is 2.24. The van der Waals surface area contributed by atoms with Gasteiger partial charge in [-0.3, -0.25) is 4.79 Å². The first-order chi connectivity index (χ1) is 35.2. The van der Waals surface area contributed by atoms with Gasteiger partial charge in [0.2, 0.25) is 5.91 Å². The van der Waals surface area contributed by atoms with Gasteiger partial charge in [0.05, 0.1) is 25.4 Å². The monoisotopic (exact) mass is 1030 g/mol. The molecule has 0 aromatic carbocycles. The number of aliphatic hydroxyl groups is 7. The predicted molar refractivity (Wildman–Crippen MR) is 298 cm³/mol. The maximum Gasteiger partial charge on any atom is 0.249 e. The largest absolute Gasteiger partial charge is 0.394 e. The molecule has 1 fully saturated rings. The van der Waals surface area contributed by atoms with E-state index in [0.717, 1.165) is 38.5 Å². The van der Waals surface area contributed by atoms with Crippen LogP contribution >= 0.6 is 0 Å². The number of ether oxygens (including phenoxy) is 2. The minimum absolute atomic E-state index is 0.266. The smallest absolute Gasteiger partial charge is 0.249 e. The van der Waals surface area contributed by atoms with Gasteiger partial charge in [0.15, 0.2) is 6.29 Å². The summed E-state index contributed by atoms with van der Waals surface area (Å²) in [5.74, 6) is -0.690. The number of hydrogen-bond donors (Lipinski definition) is 8. The Morgan fingerprint density at radius 3 is 1.03 bits per heavy atom. The molecular weight excluding hydrogens is 907 g/mol. The topological polar surface area (TPSA) is 189 Å². The molecule has 11 heteroatoms. The Morgan fingerprint density at radius 2 is 0.722 bits per heavy atom. The van der Waals surface area contributed by atoms with Crippen LogP contribution in [0.1, 0.15) is 316 Å². The molecule has 0 radical (unpaired) electrons. The molecule has 0 aliphatic carbocycles. The number of hydrogen-bond acceptors (Lipinski definition) is 10. The van der Waals surface area contributed by atoms with E-state index in [9.17, 15) is 40.5 Å². The van der Waals surface area contributed by atoms with Gasteiger partial charge in [-0.1, -0.05) is 303 Å². The van der Waals surface area contributed by atoms with Gasteiger partial charge in [-0.05, 0) is 12.8 Å². The van der Waals surface area contributed by atoms with E-state index in [0.29, 0.717) is 19.3 Å². The number of amides is 1. The molecule has 8 N–H and O–H groups in total. The standard InChI is InChI=1S/C61H121NO10/c1-3-5-7-9-11-13-15-17-19-20-21-22-23-24-25-26-27-28-29-30-31-32-33-34-35-37-38-40-42-44-46-48-53(64)56(66)52(51-71-61-59(69)58(68)57(67)55(50-63)72-61)62-60(70)54(65)49-47-45-43-41-39-36-18-16-14-12-10-8-6-4-2/h52-59,61,63-69H,3-51H2,1-2H3,(H,62,70). The van der Waals surface area contributed by atoms with Crippen LogP contribution in [0.2, 0.25) is 0 Å². The SMILES string of the molecule is CCCCCCCCCCCCCCCCCCCCCCCCCCCCCCCCCC(O)C(O)C(COC1OC(CO)C(O)C(O)C1O)NC(=O)C(O)CCCCCCCCCCCCCCCC. The van der Waals surface area contributed by atoms with Crippen molar-refractivity contribution in [3.63, 3.8) is 0 Å². The first-order valence-corrected chi connectivity index (χ1v) is 31.4. The number of unbranched alkanes of at least 4 members (excludes halogenated alkanes) is 43. The van der Waals surface area contributed by atoms with E-state index in [1.807, 2.05) is 0 Å². The van der Waals surface area contributed by atoms with Crippen LogP contribution in [-0.4, -0.2) is 110 Å². The lowest BCUT2D eigenvalue weighted by molar-refractivity contribution is -0.303. The molecule has 430 valence electrons. The van der Waals surface area contributed by atoms with Crippen molar-refractivity contribution in [2.24, 2.45) is 0 Å². The Hall–Kier alpha value is -0.890. The van der Waals surface area contributed by atoms with Crippen LogP contribution in [0.5, 0.6) is 0 Å². The Labute approximate surface area is 443 Å². The third-order valence-corrected chi connectivity index (χ3v) is 15.7. The maximum atomic E-state index is 13.2. The van der Waals surface area contributed by atoms with Gasteiger partial charge in [0.25, 0.3) is 0 Å². The normalized spacial score (nSPS) is 19.9. The lowest BCUT2D eigenvalue weighted by Crippen LogP contribution is -2.60. The van der Waals surface area contributed by atoms with Crippen molar-refractivity contribution in [3.8, 4) is 0 Å². The summed E-state index contributed by atoms with van der Waals surface area (Å²) in [6, 6.07) is -1.16. The zero-order valence-electron chi connectivity index (χ0n) is 47.2. The molecule has 0 aromatic rings. The quantitative estimate of drug-likeness (QED) is 0.0272. The summed E-state index contributed by atoms with van der Waals surface area (Å²) in [5, 5.41) is 76.2. The highest BCUT2D eigenvalue weighted by Gasteiger charge is 2.44. The van der Waals surface area contributed by atoms with Gasteiger partial charge in [-0.15, -0.1) is 0 Å². The van der Waals surface area contributed by atoms with E-state index in [2.05, 4.69) is 19.2 Å². The van der Waals surface area contributed by atoms with Crippen molar-refractivity contribution in [3.05, 3.63) is 0 Å². The molecule has 0 bridgehead atoms. The Balaban J connectivity index is 2.18. The number of carbonyl (C=O) groups is 1. The van der Waals surface area contributed by atoms with E-state index < -0.39 is 74.2 Å². The maximum absolute atomic E-state index is 13.2. The lowest BCUT2D eigenvalue weighted by Gasteiger charge is -2.40. The first kappa shape index (κ1) is 69.1. The summed E-state index contributed by atoms with van der Waals surface area (Å²) < 4.78 is 11.2. The molecule has 9 unspecified atom stereocenters. The summed E-state index contributed by atoms with van der Waals surface area (Å²) >= 11 is 0. The van der Waals surface area contributed by atoms with E-state index in [1.165, 1.54) is 238 Å². The third-order valence-electron chi connectivity index (χ3n) is 15.7. The molecule has 1 aliphatic rings. The minimum Gasteiger partial charge on any atom is -0.394 e. The zero-order valence-corrected chi connectivity index (χ0v) is 47.2. The second-order valence-corrected chi connectivity index (χ2v) is 22.5. The van der Waals surface area contributed by atoms with Crippen LogP contribution in [0, 0.1) is 0 Å². The second-order valence-electron chi connectivity index (χ2n) is 22.5. The van der Waals surface area contributed by atoms with Crippen molar-refractivity contribution in [1.29, 1.82) is 0 Å². The Morgan fingerprint density at radius 1 is 0.431 bits per heavy atom. The fourth-order valence-electron chi connectivity index (χ4n) is 10.6. The highest BCUT2D eigenvalue weighted by molar-refractivity contribution is 5.80. The molecule has 1 aliphatic heterocycles. The summed E-state index contributed by atoms with van der Waals surface area (Å²) in [6.45, 7) is 3.49. The van der Waals surface area contributed by atoms with Crippen LogP contribution in [0.4, 0.5) is 0 Å². The van der Waals surface area contributed by atoms with Crippen molar-refractivity contribution < 1.29 is 50.0 Å².